The third-order valence-corrected chi connectivity index (χ3v) is 3.94. The highest BCUT2D eigenvalue weighted by Crippen LogP contribution is 2.28. The van der Waals surface area contributed by atoms with Crippen LogP contribution in [0.15, 0.2) is 16.7 Å². The Morgan fingerprint density at radius 3 is 2.78 bits per heavy atom. The molecule has 2 rings (SSSR count). The summed E-state index contributed by atoms with van der Waals surface area (Å²) in [5.74, 6) is 1.59. The molecule has 5 heteroatoms. The van der Waals surface area contributed by atoms with Gasteiger partial charge in [-0.25, -0.2) is 9.97 Å². The molecule has 0 N–H and O–H groups in total. The highest BCUT2D eigenvalue weighted by Gasteiger charge is 2.24. The molecule has 3 nitrogen and oxygen atoms in total. The number of aromatic nitrogens is 3. The SMILES string of the molecule is CCC(C)(C)n1c(CCCl)nc2cc(Br)cnc21. The van der Waals surface area contributed by atoms with E-state index in [0.29, 0.717) is 5.88 Å². The molecule has 0 atom stereocenters. The van der Waals surface area contributed by atoms with Crippen LogP contribution in [0.5, 0.6) is 0 Å². The summed E-state index contributed by atoms with van der Waals surface area (Å²) >= 11 is 9.31. The maximum Gasteiger partial charge on any atom is 0.160 e. The van der Waals surface area contributed by atoms with Gasteiger partial charge < -0.3 is 4.57 Å². The zero-order valence-corrected chi connectivity index (χ0v) is 13.2. The Balaban J connectivity index is 2.70. The van der Waals surface area contributed by atoms with Gasteiger partial charge in [0.05, 0.1) is 0 Å². The van der Waals surface area contributed by atoms with Crippen LogP contribution in [0.4, 0.5) is 0 Å². The fourth-order valence-electron chi connectivity index (χ4n) is 2.03. The standard InChI is InChI=1S/C13H17BrClN3/c1-4-13(2,3)18-11(5-6-15)17-10-7-9(14)8-16-12(10)18/h7-8H,4-6H2,1-3H3. The van der Waals surface area contributed by atoms with Crippen LogP contribution in [0.2, 0.25) is 0 Å². The van der Waals surface area contributed by atoms with Gasteiger partial charge in [-0.15, -0.1) is 11.6 Å². The van der Waals surface area contributed by atoms with Gasteiger partial charge in [-0.05, 0) is 42.3 Å². The van der Waals surface area contributed by atoms with Gasteiger partial charge in [0, 0.05) is 28.5 Å². The van der Waals surface area contributed by atoms with Crippen LogP contribution in [0.1, 0.15) is 33.0 Å². The first kappa shape index (κ1) is 13.8. The fraction of sp³-hybridized carbons (Fsp3) is 0.538. The van der Waals surface area contributed by atoms with Gasteiger partial charge in [0.2, 0.25) is 0 Å². The smallest absolute Gasteiger partial charge is 0.160 e. The molecule has 0 aliphatic carbocycles. The van der Waals surface area contributed by atoms with E-state index in [4.69, 9.17) is 11.6 Å². The predicted octanol–water partition coefficient (Wildman–Crippen LogP) is 4.12. The minimum atomic E-state index is -0.00300. The number of hydrogen-bond donors (Lipinski definition) is 0. The summed E-state index contributed by atoms with van der Waals surface area (Å²) in [5, 5.41) is 0. The fourth-order valence-corrected chi connectivity index (χ4v) is 2.52. The van der Waals surface area contributed by atoms with Gasteiger partial charge in [-0.2, -0.15) is 0 Å². The number of aryl methyl sites for hydroxylation is 1. The molecule has 0 amide bonds. The Bertz CT molecular complexity index is 563. The lowest BCUT2D eigenvalue weighted by Crippen LogP contribution is -2.27. The summed E-state index contributed by atoms with van der Waals surface area (Å²) in [7, 11) is 0. The minimum absolute atomic E-state index is 0.00300. The summed E-state index contributed by atoms with van der Waals surface area (Å²) in [4.78, 5) is 9.17. The van der Waals surface area contributed by atoms with E-state index in [-0.39, 0.29) is 5.54 Å². The van der Waals surface area contributed by atoms with Crippen molar-refractivity contribution in [3.63, 3.8) is 0 Å². The maximum atomic E-state index is 5.88. The van der Waals surface area contributed by atoms with Crippen molar-refractivity contribution in [2.75, 3.05) is 5.88 Å². The van der Waals surface area contributed by atoms with E-state index in [9.17, 15) is 0 Å². The van der Waals surface area contributed by atoms with Gasteiger partial charge in [0.25, 0.3) is 0 Å². The van der Waals surface area contributed by atoms with Gasteiger partial charge in [-0.1, -0.05) is 6.92 Å². The third kappa shape index (κ3) is 2.41. The molecule has 0 aromatic carbocycles. The highest BCUT2D eigenvalue weighted by atomic mass is 79.9. The Kier molecular flexibility index (Phi) is 3.97. The summed E-state index contributed by atoms with van der Waals surface area (Å²) in [6, 6.07) is 2.00. The number of rotatable bonds is 4. The molecule has 0 fully saturated rings. The average molecular weight is 331 g/mol. The summed E-state index contributed by atoms with van der Waals surface area (Å²) in [6.45, 7) is 6.58. The third-order valence-electron chi connectivity index (χ3n) is 3.32. The monoisotopic (exact) mass is 329 g/mol. The Morgan fingerprint density at radius 1 is 1.44 bits per heavy atom. The molecule has 0 unspecified atom stereocenters. The van der Waals surface area contributed by atoms with E-state index in [1.54, 1.807) is 0 Å². The number of alkyl halides is 1. The van der Waals surface area contributed by atoms with Gasteiger partial charge in [-0.3, -0.25) is 0 Å². The maximum absolute atomic E-state index is 5.88. The van der Waals surface area contributed by atoms with Crippen molar-refractivity contribution in [2.45, 2.75) is 39.2 Å². The molecule has 98 valence electrons. The molecule has 0 bridgehead atoms. The molecule has 0 saturated heterocycles. The number of pyridine rings is 1. The molecular weight excluding hydrogens is 314 g/mol. The van der Waals surface area contributed by atoms with Crippen LogP contribution in [0.25, 0.3) is 11.2 Å². The first-order valence-electron chi connectivity index (χ1n) is 6.09. The number of nitrogens with zero attached hydrogens (tertiary/aromatic N) is 3. The molecule has 18 heavy (non-hydrogen) atoms. The predicted molar refractivity (Wildman–Crippen MR) is 79.3 cm³/mol. The lowest BCUT2D eigenvalue weighted by atomic mass is 10.0. The molecule has 0 aliphatic rings. The molecule has 2 aromatic rings. The molecule has 2 aromatic heterocycles. The lowest BCUT2D eigenvalue weighted by molar-refractivity contribution is 0.340. The van der Waals surface area contributed by atoms with Crippen LogP contribution in [0.3, 0.4) is 0 Å². The molecule has 0 aliphatic heterocycles. The number of hydrogen-bond acceptors (Lipinski definition) is 2. The topological polar surface area (TPSA) is 30.7 Å². The zero-order chi connectivity index (χ0) is 13.3. The second-order valence-corrected chi connectivity index (χ2v) is 6.26. The first-order valence-corrected chi connectivity index (χ1v) is 7.41. The Labute approximate surface area is 121 Å². The van der Waals surface area contributed by atoms with Crippen molar-refractivity contribution in [3.8, 4) is 0 Å². The average Bonchev–Trinajstić information content (AvgIpc) is 2.67. The number of fused-ring (bicyclic) bond motifs is 1. The van der Waals surface area contributed by atoms with Crippen LogP contribution >= 0.6 is 27.5 Å². The first-order chi connectivity index (χ1) is 8.49. The van der Waals surface area contributed by atoms with E-state index in [1.165, 1.54) is 0 Å². The second kappa shape index (κ2) is 5.17. The van der Waals surface area contributed by atoms with Gasteiger partial charge in [0.15, 0.2) is 5.65 Å². The number of imidazole rings is 1. The molecular formula is C13H17BrClN3. The summed E-state index contributed by atoms with van der Waals surface area (Å²) in [5.41, 5.74) is 1.85. The second-order valence-electron chi connectivity index (χ2n) is 4.96. The lowest BCUT2D eigenvalue weighted by Gasteiger charge is -2.27. The summed E-state index contributed by atoms with van der Waals surface area (Å²) in [6.07, 6.45) is 3.60. The van der Waals surface area contributed by atoms with E-state index < -0.39 is 0 Å². The van der Waals surface area contributed by atoms with Crippen LogP contribution in [-0.2, 0) is 12.0 Å². The zero-order valence-electron chi connectivity index (χ0n) is 10.9. The van der Waals surface area contributed by atoms with Crippen LogP contribution in [-0.4, -0.2) is 20.4 Å². The van der Waals surface area contributed by atoms with Crippen molar-refractivity contribution in [1.29, 1.82) is 0 Å². The van der Waals surface area contributed by atoms with E-state index in [2.05, 4.69) is 51.2 Å². The summed E-state index contributed by atoms with van der Waals surface area (Å²) < 4.78 is 3.17. The van der Waals surface area contributed by atoms with E-state index >= 15 is 0 Å². The van der Waals surface area contributed by atoms with Crippen molar-refractivity contribution >= 4 is 38.7 Å². The number of halogens is 2. The Morgan fingerprint density at radius 2 is 2.17 bits per heavy atom. The largest absolute Gasteiger partial charge is 0.307 e. The molecule has 0 radical (unpaired) electrons. The molecule has 0 saturated carbocycles. The molecule has 2 heterocycles. The molecule has 0 spiro atoms. The van der Waals surface area contributed by atoms with Gasteiger partial charge in [0.1, 0.15) is 11.3 Å². The van der Waals surface area contributed by atoms with Crippen LogP contribution < -0.4 is 0 Å². The van der Waals surface area contributed by atoms with Crippen molar-refractivity contribution < 1.29 is 0 Å². The normalized spacial score (nSPS) is 12.3. The van der Waals surface area contributed by atoms with Crippen molar-refractivity contribution in [2.24, 2.45) is 0 Å². The van der Waals surface area contributed by atoms with Crippen LogP contribution in [0, 0.1) is 0 Å². The van der Waals surface area contributed by atoms with E-state index in [1.807, 2.05) is 12.3 Å². The Hall–Kier alpha value is -0.610. The van der Waals surface area contributed by atoms with Gasteiger partial charge >= 0.3 is 0 Å². The quantitative estimate of drug-likeness (QED) is 0.790. The van der Waals surface area contributed by atoms with E-state index in [0.717, 1.165) is 34.3 Å². The minimum Gasteiger partial charge on any atom is -0.307 e. The highest BCUT2D eigenvalue weighted by molar-refractivity contribution is 9.10. The van der Waals surface area contributed by atoms with Crippen molar-refractivity contribution in [3.05, 3.63) is 22.6 Å². The van der Waals surface area contributed by atoms with Crippen molar-refractivity contribution in [1.82, 2.24) is 14.5 Å².